The highest BCUT2D eigenvalue weighted by Crippen LogP contribution is 2.21. The number of benzene rings is 2. The van der Waals surface area contributed by atoms with Gasteiger partial charge in [-0.15, -0.1) is 0 Å². The van der Waals surface area contributed by atoms with Crippen molar-refractivity contribution in [1.29, 1.82) is 0 Å². The van der Waals surface area contributed by atoms with Gasteiger partial charge in [-0.2, -0.15) is 5.10 Å². The third-order valence-corrected chi connectivity index (χ3v) is 3.72. The molecule has 6 heteroatoms. The van der Waals surface area contributed by atoms with Crippen LogP contribution >= 0.6 is 0 Å². The van der Waals surface area contributed by atoms with Gasteiger partial charge in [0.25, 0.3) is 11.5 Å². The molecule has 1 heterocycles. The van der Waals surface area contributed by atoms with Crippen LogP contribution in [0, 0.1) is 0 Å². The lowest BCUT2D eigenvalue weighted by molar-refractivity contribution is 0.102. The number of hydrogen-bond acceptors (Lipinski definition) is 4. The van der Waals surface area contributed by atoms with Gasteiger partial charge in [0.1, 0.15) is 0 Å². The maximum Gasteiger partial charge on any atom is 0.264 e. The molecule has 0 unspecified atom stereocenters. The van der Waals surface area contributed by atoms with E-state index in [-0.39, 0.29) is 11.5 Å². The van der Waals surface area contributed by atoms with Crippen LogP contribution in [-0.4, -0.2) is 30.2 Å². The maximum atomic E-state index is 12.5. The molecule has 1 aromatic heterocycles. The van der Waals surface area contributed by atoms with Crippen LogP contribution in [0.15, 0.2) is 65.5 Å². The summed E-state index contributed by atoms with van der Waals surface area (Å²) >= 11 is 0. The second-order valence-electron chi connectivity index (χ2n) is 5.79. The summed E-state index contributed by atoms with van der Waals surface area (Å²) in [6.07, 6.45) is 0. The van der Waals surface area contributed by atoms with Gasteiger partial charge < -0.3 is 10.2 Å². The number of carbonyl (C=O) groups is 1. The lowest BCUT2D eigenvalue weighted by Gasteiger charge is -2.13. The number of hydrogen-bond donors (Lipinski definition) is 2. The number of aromatic amines is 1. The molecule has 2 N–H and O–H groups in total. The molecule has 3 rings (SSSR count). The Hall–Kier alpha value is -3.41. The van der Waals surface area contributed by atoms with E-state index in [1.54, 1.807) is 12.1 Å². The number of H-pyrrole nitrogens is 1. The molecular weight excluding hydrogens is 316 g/mol. The number of carbonyl (C=O) groups excluding carboxylic acids is 1. The molecule has 126 valence electrons. The number of rotatable bonds is 4. The maximum absolute atomic E-state index is 12.5. The fourth-order valence-corrected chi connectivity index (χ4v) is 2.39. The van der Waals surface area contributed by atoms with Crippen molar-refractivity contribution in [3.63, 3.8) is 0 Å². The summed E-state index contributed by atoms with van der Waals surface area (Å²) in [7, 11) is 3.86. The normalized spacial score (nSPS) is 10.3. The molecule has 1 amide bonds. The molecule has 0 fully saturated rings. The van der Waals surface area contributed by atoms with E-state index < -0.39 is 0 Å². The minimum Gasteiger partial charge on any atom is -0.378 e. The van der Waals surface area contributed by atoms with E-state index in [0.29, 0.717) is 16.9 Å². The van der Waals surface area contributed by atoms with Gasteiger partial charge in [0, 0.05) is 42.7 Å². The average molecular weight is 334 g/mol. The van der Waals surface area contributed by atoms with Gasteiger partial charge in [-0.25, -0.2) is 5.10 Å². The second kappa shape index (κ2) is 7.00. The lowest BCUT2D eigenvalue weighted by Crippen LogP contribution is -2.14. The Bertz CT molecular complexity index is 943. The zero-order chi connectivity index (χ0) is 17.8. The molecule has 0 atom stereocenters. The number of amides is 1. The Morgan fingerprint density at radius 3 is 2.56 bits per heavy atom. The van der Waals surface area contributed by atoms with E-state index in [9.17, 15) is 9.59 Å². The van der Waals surface area contributed by atoms with Crippen LogP contribution in [0.5, 0.6) is 0 Å². The Morgan fingerprint density at radius 2 is 1.84 bits per heavy atom. The van der Waals surface area contributed by atoms with Gasteiger partial charge in [-0.05, 0) is 36.4 Å². The van der Waals surface area contributed by atoms with Crippen LogP contribution in [0.4, 0.5) is 11.4 Å². The second-order valence-corrected chi connectivity index (χ2v) is 5.79. The van der Waals surface area contributed by atoms with Crippen molar-refractivity contribution in [1.82, 2.24) is 10.2 Å². The summed E-state index contributed by atoms with van der Waals surface area (Å²) in [5.41, 5.74) is 3.37. The summed E-state index contributed by atoms with van der Waals surface area (Å²) in [4.78, 5) is 25.6. The van der Waals surface area contributed by atoms with Crippen molar-refractivity contribution in [3.05, 3.63) is 76.6 Å². The molecule has 2 aromatic carbocycles. The van der Waals surface area contributed by atoms with Crippen LogP contribution in [0.25, 0.3) is 11.3 Å². The van der Waals surface area contributed by atoms with Crippen LogP contribution in [0.2, 0.25) is 0 Å². The van der Waals surface area contributed by atoms with Crippen molar-refractivity contribution >= 4 is 17.3 Å². The Labute approximate surface area is 145 Å². The molecule has 0 spiro atoms. The van der Waals surface area contributed by atoms with Gasteiger partial charge in [-0.1, -0.05) is 18.2 Å². The fraction of sp³-hybridized carbons (Fsp3) is 0.105. The van der Waals surface area contributed by atoms with Crippen molar-refractivity contribution in [3.8, 4) is 11.3 Å². The van der Waals surface area contributed by atoms with Gasteiger partial charge in [0.15, 0.2) is 0 Å². The number of nitrogens with one attached hydrogen (secondary N) is 2. The molecule has 0 saturated heterocycles. The molecule has 25 heavy (non-hydrogen) atoms. The highest BCUT2D eigenvalue weighted by molar-refractivity contribution is 6.05. The zero-order valence-electron chi connectivity index (χ0n) is 14.0. The van der Waals surface area contributed by atoms with Crippen LogP contribution < -0.4 is 15.8 Å². The molecule has 3 aromatic rings. The predicted octanol–water partition coefficient (Wildman–Crippen LogP) is 2.76. The SMILES string of the molecule is CN(C)c1cccc(C(=O)Nc2cccc(-c3ccc(=O)[nH]n3)c2)c1. The van der Waals surface area contributed by atoms with E-state index in [4.69, 9.17) is 0 Å². The zero-order valence-corrected chi connectivity index (χ0v) is 14.0. The van der Waals surface area contributed by atoms with E-state index in [1.165, 1.54) is 6.07 Å². The third kappa shape index (κ3) is 3.92. The van der Waals surface area contributed by atoms with Gasteiger partial charge >= 0.3 is 0 Å². The van der Waals surface area contributed by atoms with Crippen molar-refractivity contribution in [2.75, 3.05) is 24.3 Å². The Morgan fingerprint density at radius 1 is 1.04 bits per heavy atom. The first-order chi connectivity index (χ1) is 12.0. The van der Waals surface area contributed by atoms with Crippen LogP contribution in [0.1, 0.15) is 10.4 Å². The molecule has 0 radical (unpaired) electrons. The molecule has 0 saturated carbocycles. The molecule has 0 bridgehead atoms. The Kier molecular flexibility index (Phi) is 4.61. The predicted molar refractivity (Wildman–Crippen MR) is 99.0 cm³/mol. The van der Waals surface area contributed by atoms with Gasteiger partial charge in [-0.3, -0.25) is 9.59 Å². The van der Waals surface area contributed by atoms with E-state index in [1.807, 2.05) is 61.5 Å². The molecule has 6 nitrogen and oxygen atoms in total. The van der Waals surface area contributed by atoms with Gasteiger partial charge in [0.2, 0.25) is 0 Å². The molecule has 0 aliphatic rings. The first-order valence-electron chi connectivity index (χ1n) is 7.78. The first-order valence-corrected chi connectivity index (χ1v) is 7.78. The fourth-order valence-electron chi connectivity index (χ4n) is 2.39. The first kappa shape index (κ1) is 16.4. The smallest absolute Gasteiger partial charge is 0.264 e. The quantitative estimate of drug-likeness (QED) is 0.769. The Balaban J connectivity index is 1.82. The highest BCUT2D eigenvalue weighted by Gasteiger charge is 2.09. The summed E-state index contributed by atoms with van der Waals surface area (Å²) in [5.74, 6) is -0.185. The van der Waals surface area contributed by atoms with Gasteiger partial charge in [0.05, 0.1) is 5.69 Å². The van der Waals surface area contributed by atoms with Crippen LogP contribution in [0.3, 0.4) is 0 Å². The minimum absolute atomic E-state index is 0.185. The van der Waals surface area contributed by atoms with Crippen LogP contribution in [-0.2, 0) is 0 Å². The summed E-state index contributed by atoms with van der Waals surface area (Å²) in [5, 5.41) is 9.29. The average Bonchev–Trinajstić information content (AvgIpc) is 2.62. The van der Waals surface area contributed by atoms with Crippen molar-refractivity contribution in [2.24, 2.45) is 0 Å². The lowest BCUT2D eigenvalue weighted by atomic mass is 10.1. The highest BCUT2D eigenvalue weighted by atomic mass is 16.1. The summed E-state index contributed by atoms with van der Waals surface area (Å²) < 4.78 is 0. The van der Waals surface area contributed by atoms with Crippen molar-refractivity contribution in [2.45, 2.75) is 0 Å². The van der Waals surface area contributed by atoms with E-state index in [0.717, 1.165) is 11.3 Å². The van der Waals surface area contributed by atoms with Crippen molar-refractivity contribution < 1.29 is 4.79 Å². The van der Waals surface area contributed by atoms with E-state index >= 15 is 0 Å². The largest absolute Gasteiger partial charge is 0.378 e. The monoisotopic (exact) mass is 334 g/mol. The summed E-state index contributed by atoms with van der Waals surface area (Å²) in [6.45, 7) is 0. The third-order valence-electron chi connectivity index (χ3n) is 3.72. The number of nitrogens with zero attached hydrogens (tertiary/aromatic N) is 2. The number of aromatic nitrogens is 2. The molecular formula is C19H18N4O2. The van der Waals surface area contributed by atoms with E-state index in [2.05, 4.69) is 15.5 Å². The summed E-state index contributed by atoms with van der Waals surface area (Å²) in [6, 6.07) is 17.8. The minimum atomic E-state index is -0.256. The molecule has 0 aliphatic carbocycles. The molecule has 0 aliphatic heterocycles. The standard InChI is InChI=1S/C19H18N4O2/c1-23(2)16-8-4-6-14(12-16)19(25)20-15-7-3-5-13(11-15)17-9-10-18(24)22-21-17/h3-12H,1-2H3,(H,20,25)(H,22,24). The number of anilines is 2. The topological polar surface area (TPSA) is 78.1 Å².